The first-order valence-corrected chi connectivity index (χ1v) is 14.4. The Morgan fingerprint density at radius 2 is 1.91 bits per heavy atom. The van der Waals surface area contributed by atoms with Crippen LogP contribution in [0.3, 0.4) is 0 Å². The van der Waals surface area contributed by atoms with Crippen LogP contribution in [-0.2, 0) is 4.79 Å². The quantitative estimate of drug-likeness (QED) is 0.137. The number of nitrogens with one attached hydrogen (secondary N) is 2. The molecule has 0 aliphatic carbocycles. The number of amides is 1. The van der Waals surface area contributed by atoms with E-state index >= 15 is 0 Å². The van der Waals surface area contributed by atoms with Crippen LogP contribution in [-0.4, -0.2) is 44.0 Å². The molecule has 1 aliphatic rings. The maximum atomic E-state index is 13.1. The summed E-state index contributed by atoms with van der Waals surface area (Å²) in [5, 5.41) is 19.0. The number of anilines is 1. The van der Waals surface area contributed by atoms with E-state index in [1.165, 1.54) is 13.2 Å². The number of nitro groups is 1. The molecule has 3 heterocycles. The first kappa shape index (κ1) is 29.7. The van der Waals surface area contributed by atoms with Crippen molar-refractivity contribution in [1.29, 1.82) is 0 Å². The lowest BCUT2D eigenvalue weighted by molar-refractivity contribution is -0.384. The lowest BCUT2D eigenvalue weighted by Gasteiger charge is -2.28. The zero-order chi connectivity index (χ0) is 30.8. The Hall–Kier alpha value is -4.77. The Labute approximate surface area is 255 Å². The van der Waals surface area contributed by atoms with Gasteiger partial charge < -0.3 is 24.8 Å². The molecular weight excluding hydrogens is 564 g/mol. The molecule has 1 fully saturated rings. The maximum Gasteiger partial charge on any atom is 0.296 e. The van der Waals surface area contributed by atoms with Gasteiger partial charge in [-0.25, -0.2) is 0 Å². The van der Waals surface area contributed by atoms with Crippen LogP contribution in [0.1, 0.15) is 52.3 Å². The van der Waals surface area contributed by atoms with Crippen LogP contribution in [0.2, 0.25) is 0 Å². The number of aromatic nitrogens is 2. The van der Waals surface area contributed by atoms with Crippen molar-refractivity contribution in [1.82, 2.24) is 19.8 Å². The predicted octanol–water partition coefficient (Wildman–Crippen LogP) is 6.02. The Kier molecular flexibility index (Phi) is 8.45. The number of nitrogens with zero attached hydrogens (tertiary/aromatic N) is 4. The third-order valence-electron chi connectivity index (χ3n) is 7.85. The van der Waals surface area contributed by atoms with Crippen molar-refractivity contribution in [2.75, 3.05) is 19.0 Å². The molecule has 0 radical (unpaired) electrons. The molecule has 0 spiro atoms. The number of hydrogen-bond donors (Lipinski definition) is 2. The first-order chi connectivity index (χ1) is 20.6. The minimum absolute atomic E-state index is 0.0611. The smallest absolute Gasteiger partial charge is 0.296 e. The van der Waals surface area contributed by atoms with Gasteiger partial charge in [-0.05, 0) is 93.0 Å². The summed E-state index contributed by atoms with van der Waals surface area (Å²) in [6, 6.07) is 17.9. The Bertz CT molecular complexity index is 1700. The summed E-state index contributed by atoms with van der Waals surface area (Å²) in [5.41, 5.74) is 6.61. The molecule has 0 saturated carbocycles. The van der Waals surface area contributed by atoms with Gasteiger partial charge in [0, 0.05) is 36.2 Å². The lowest BCUT2D eigenvalue weighted by atomic mass is 9.96. The molecule has 2 aromatic carbocycles. The average molecular weight is 599 g/mol. The van der Waals surface area contributed by atoms with E-state index in [0.29, 0.717) is 23.1 Å². The van der Waals surface area contributed by atoms with E-state index < -0.39 is 4.92 Å². The zero-order valence-electron chi connectivity index (χ0n) is 24.7. The van der Waals surface area contributed by atoms with E-state index in [0.717, 1.165) is 39.5 Å². The Balaban J connectivity index is 1.51. The number of rotatable bonds is 9. The molecule has 5 rings (SSSR count). The molecule has 2 aromatic heterocycles. The van der Waals surface area contributed by atoms with Crippen molar-refractivity contribution in [3.63, 3.8) is 0 Å². The number of thiocarbonyl (C=S) groups is 1. The summed E-state index contributed by atoms with van der Waals surface area (Å²) >= 11 is 5.82. The molecule has 2 N–H and O–H groups in total. The molecule has 0 unspecified atom stereocenters. The maximum absolute atomic E-state index is 13.1. The molecule has 2 atom stereocenters. The number of hydrogen-bond acceptors (Lipinski definition) is 6. The minimum atomic E-state index is -0.403. The molecule has 222 valence electrons. The molecule has 1 saturated heterocycles. The van der Waals surface area contributed by atoms with Gasteiger partial charge in [-0.2, -0.15) is 0 Å². The van der Waals surface area contributed by atoms with E-state index in [9.17, 15) is 14.9 Å². The van der Waals surface area contributed by atoms with Crippen LogP contribution in [0.25, 0.3) is 5.69 Å². The fraction of sp³-hybridized carbons (Fsp3) is 0.281. The molecule has 1 aliphatic heterocycles. The molecule has 0 bridgehead atoms. The molecule has 10 nitrogen and oxygen atoms in total. The van der Waals surface area contributed by atoms with Gasteiger partial charge in [0.15, 0.2) is 5.11 Å². The van der Waals surface area contributed by atoms with Crippen LogP contribution < -0.4 is 15.4 Å². The van der Waals surface area contributed by atoms with Crippen molar-refractivity contribution < 1.29 is 14.5 Å². The number of pyridine rings is 1. The summed E-state index contributed by atoms with van der Waals surface area (Å²) in [4.78, 5) is 31.4. The average Bonchev–Trinajstić information content (AvgIpc) is 3.47. The third-order valence-corrected chi connectivity index (χ3v) is 8.21. The van der Waals surface area contributed by atoms with E-state index in [2.05, 4.69) is 15.6 Å². The Morgan fingerprint density at radius 3 is 2.60 bits per heavy atom. The van der Waals surface area contributed by atoms with E-state index in [-0.39, 0.29) is 30.1 Å². The minimum Gasteiger partial charge on any atom is -0.496 e. The van der Waals surface area contributed by atoms with E-state index in [1.54, 1.807) is 18.3 Å². The number of ether oxygens (including phenoxy) is 1. The molecule has 11 heteroatoms. The van der Waals surface area contributed by atoms with Gasteiger partial charge in [-0.1, -0.05) is 18.2 Å². The molecule has 1 amide bonds. The molecular formula is C32H34N6O4S. The topological polar surface area (TPSA) is 115 Å². The van der Waals surface area contributed by atoms with Crippen LogP contribution >= 0.6 is 12.2 Å². The number of methoxy groups -OCH3 is 1. The highest BCUT2D eigenvalue weighted by atomic mass is 32.1. The van der Waals surface area contributed by atoms with Gasteiger partial charge in [0.05, 0.1) is 35.9 Å². The number of nitro benzene ring substituents is 1. The normalized spacial score (nSPS) is 16.2. The lowest BCUT2D eigenvalue weighted by Crippen LogP contribution is -2.33. The third kappa shape index (κ3) is 5.94. The highest BCUT2D eigenvalue weighted by molar-refractivity contribution is 7.80. The SMILES string of the molecule is COc1ccc(-n2c(C)cc([C@H]3[C@@H](c4ccccn4)NC(=S)N3CCC(=O)Nc3cc(C)ccc3C)c2C)c([N+](=O)[O-])c1. The fourth-order valence-corrected chi connectivity index (χ4v) is 6.05. The number of aryl methyl sites for hydroxylation is 3. The standard InChI is InChI=1S/C32H34N6O4S/c1-19-9-10-20(2)26(16-19)34-29(39)13-15-36-31(30(35-32(36)43)25-8-6-7-14-33-25)24-17-21(3)37(22(24)4)27-12-11-23(42-5)18-28(27)38(40)41/h6-12,14,16-18,30-31H,13,15H2,1-5H3,(H,34,39)(H,35,43)/t30-,31+/m1/s1. The van der Waals surface area contributed by atoms with E-state index in [1.807, 2.05) is 79.6 Å². The van der Waals surface area contributed by atoms with E-state index in [4.69, 9.17) is 17.0 Å². The summed E-state index contributed by atoms with van der Waals surface area (Å²) in [5.74, 6) is 0.292. The number of carbonyl (C=O) groups is 1. The second kappa shape index (κ2) is 12.2. The highest BCUT2D eigenvalue weighted by Crippen LogP contribution is 2.42. The van der Waals surface area contributed by atoms with Crippen LogP contribution in [0.5, 0.6) is 5.75 Å². The molecule has 43 heavy (non-hydrogen) atoms. The summed E-state index contributed by atoms with van der Waals surface area (Å²) in [6.45, 7) is 8.18. The zero-order valence-corrected chi connectivity index (χ0v) is 25.6. The van der Waals surface area contributed by atoms with Gasteiger partial charge in [0.1, 0.15) is 11.4 Å². The van der Waals surface area contributed by atoms with Gasteiger partial charge in [-0.15, -0.1) is 0 Å². The van der Waals surface area contributed by atoms with Crippen molar-refractivity contribution in [3.05, 3.63) is 111 Å². The second-order valence-electron chi connectivity index (χ2n) is 10.7. The monoisotopic (exact) mass is 598 g/mol. The van der Waals surface area contributed by atoms with Crippen molar-refractivity contribution in [3.8, 4) is 11.4 Å². The van der Waals surface area contributed by atoms with Crippen molar-refractivity contribution in [2.24, 2.45) is 0 Å². The van der Waals surface area contributed by atoms with Gasteiger partial charge >= 0.3 is 0 Å². The summed E-state index contributed by atoms with van der Waals surface area (Å²) in [7, 11) is 1.48. The fourth-order valence-electron chi connectivity index (χ4n) is 5.71. The largest absolute Gasteiger partial charge is 0.496 e. The van der Waals surface area contributed by atoms with Crippen molar-refractivity contribution in [2.45, 2.75) is 46.2 Å². The second-order valence-corrected chi connectivity index (χ2v) is 11.1. The van der Waals surface area contributed by atoms with Gasteiger partial charge in [0.25, 0.3) is 5.69 Å². The van der Waals surface area contributed by atoms with Crippen LogP contribution in [0, 0.1) is 37.8 Å². The first-order valence-electron chi connectivity index (χ1n) is 14.0. The summed E-state index contributed by atoms with van der Waals surface area (Å²) in [6.07, 6.45) is 1.95. The van der Waals surface area contributed by atoms with Crippen molar-refractivity contribution >= 4 is 34.6 Å². The Morgan fingerprint density at radius 1 is 1.12 bits per heavy atom. The predicted molar refractivity (Wildman–Crippen MR) is 170 cm³/mol. The van der Waals surface area contributed by atoms with Crippen LogP contribution in [0.4, 0.5) is 11.4 Å². The van der Waals surface area contributed by atoms with Gasteiger partial charge in [0.2, 0.25) is 5.91 Å². The van der Waals surface area contributed by atoms with Gasteiger partial charge in [-0.3, -0.25) is 19.9 Å². The number of carbonyl (C=O) groups excluding carboxylic acids is 1. The highest BCUT2D eigenvalue weighted by Gasteiger charge is 2.41. The van der Waals surface area contributed by atoms with Crippen LogP contribution in [0.15, 0.2) is 66.9 Å². The molecule has 4 aromatic rings. The number of benzene rings is 2. The summed E-state index contributed by atoms with van der Waals surface area (Å²) < 4.78 is 7.13.